The van der Waals surface area contributed by atoms with Crippen LogP contribution in [0.4, 0.5) is 10.5 Å². The lowest BCUT2D eigenvalue weighted by Gasteiger charge is -2.28. The largest absolute Gasteiger partial charge is 0.480 e. The van der Waals surface area contributed by atoms with Crippen LogP contribution in [0, 0.1) is 0 Å². The summed E-state index contributed by atoms with van der Waals surface area (Å²) >= 11 is 5.99. The number of carbonyl (C=O) groups excluding carboxylic acids is 1. The Hall–Kier alpha value is -1.75. The summed E-state index contributed by atoms with van der Waals surface area (Å²) in [5.74, 6) is -0.978. The van der Waals surface area contributed by atoms with Crippen LogP contribution in [0.1, 0.15) is 26.2 Å². The minimum Gasteiger partial charge on any atom is -0.480 e. The average Bonchev–Trinajstić information content (AvgIpc) is 3.22. The molecule has 1 fully saturated rings. The molecular weight excluding hydrogens is 280 g/mol. The van der Waals surface area contributed by atoms with E-state index in [0.29, 0.717) is 17.1 Å². The van der Waals surface area contributed by atoms with Gasteiger partial charge in [-0.2, -0.15) is 0 Å². The quantitative estimate of drug-likeness (QED) is 0.876. The number of rotatable bonds is 5. The van der Waals surface area contributed by atoms with Crippen LogP contribution in [0.5, 0.6) is 0 Å². The molecule has 20 heavy (non-hydrogen) atoms. The summed E-state index contributed by atoms with van der Waals surface area (Å²) in [5.41, 5.74) is 0.491. The molecule has 2 rings (SSSR count). The molecule has 0 aromatic heterocycles. The zero-order valence-electron chi connectivity index (χ0n) is 11.2. The smallest absolute Gasteiger partial charge is 0.326 e. The van der Waals surface area contributed by atoms with E-state index in [0.717, 1.165) is 12.8 Å². The first-order valence-corrected chi connectivity index (χ1v) is 6.99. The maximum atomic E-state index is 12.3. The summed E-state index contributed by atoms with van der Waals surface area (Å²) in [4.78, 5) is 25.0. The van der Waals surface area contributed by atoms with Crippen molar-refractivity contribution in [3.8, 4) is 0 Å². The number of para-hydroxylation sites is 1. The molecule has 2 N–H and O–H groups in total. The highest BCUT2D eigenvalue weighted by Gasteiger charge is 2.39. The highest BCUT2D eigenvalue weighted by Crippen LogP contribution is 2.31. The lowest BCUT2D eigenvalue weighted by molar-refractivity contribution is -0.142. The van der Waals surface area contributed by atoms with Gasteiger partial charge in [-0.15, -0.1) is 0 Å². The lowest BCUT2D eigenvalue weighted by atomic mass is 10.2. The van der Waals surface area contributed by atoms with E-state index in [1.54, 1.807) is 31.2 Å². The van der Waals surface area contributed by atoms with E-state index in [4.69, 9.17) is 11.6 Å². The number of carboxylic acid groups (broad SMARTS) is 1. The normalized spacial score (nSPS) is 15.5. The van der Waals surface area contributed by atoms with Gasteiger partial charge in [0, 0.05) is 6.04 Å². The van der Waals surface area contributed by atoms with Crippen molar-refractivity contribution in [2.75, 3.05) is 5.32 Å². The molecule has 2 amide bonds. The second-order valence-electron chi connectivity index (χ2n) is 4.81. The van der Waals surface area contributed by atoms with Crippen LogP contribution in [-0.2, 0) is 4.79 Å². The van der Waals surface area contributed by atoms with Gasteiger partial charge in [-0.05, 0) is 31.4 Å². The lowest BCUT2D eigenvalue weighted by Crippen LogP contribution is -2.48. The molecule has 1 atom stereocenters. The van der Waals surface area contributed by atoms with E-state index < -0.39 is 18.0 Å². The summed E-state index contributed by atoms with van der Waals surface area (Å²) in [6.07, 6.45) is 2.07. The molecule has 1 aromatic rings. The summed E-state index contributed by atoms with van der Waals surface area (Å²) in [6, 6.07) is 5.69. The second-order valence-corrected chi connectivity index (χ2v) is 5.22. The number of urea groups is 1. The Morgan fingerprint density at radius 2 is 2.10 bits per heavy atom. The number of nitrogens with zero attached hydrogens (tertiary/aromatic N) is 1. The van der Waals surface area contributed by atoms with E-state index >= 15 is 0 Å². The van der Waals surface area contributed by atoms with Crippen molar-refractivity contribution in [1.29, 1.82) is 0 Å². The van der Waals surface area contributed by atoms with Crippen molar-refractivity contribution < 1.29 is 14.7 Å². The van der Waals surface area contributed by atoms with Gasteiger partial charge in [0.05, 0.1) is 10.7 Å². The minimum atomic E-state index is -0.978. The monoisotopic (exact) mass is 296 g/mol. The van der Waals surface area contributed by atoms with E-state index in [1.807, 2.05) is 0 Å². The third-order valence-electron chi connectivity index (χ3n) is 3.30. The Bertz CT molecular complexity index is 517. The molecule has 0 saturated heterocycles. The fourth-order valence-electron chi connectivity index (χ4n) is 2.15. The summed E-state index contributed by atoms with van der Waals surface area (Å²) < 4.78 is 0. The minimum absolute atomic E-state index is 0.0125. The van der Waals surface area contributed by atoms with Crippen LogP contribution in [0.25, 0.3) is 0 Å². The summed E-state index contributed by atoms with van der Waals surface area (Å²) in [6.45, 7) is 1.76. The maximum absolute atomic E-state index is 12.3. The fourth-order valence-corrected chi connectivity index (χ4v) is 2.33. The first kappa shape index (κ1) is 14.7. The molecule has 0 heterocycles. The highest BCUT2D eigenvalue weighted by molar-refractivity contribution is 6.33. The Kier molecular flexibility index (Phi) is 4.49. The molecule has 5 nitrogen and oxygen atoms in total. The Labute approximate surface area is 122 Å². The molecule has 1 saturated carbocycles. The van der Waals surface area contributed by atoms with Gasteiger partial charge in [0.15, 0.2) is 0 Å². The maximum Gasteiger partial charge on any atom is 0.326 e. The van der Waals surface area contributed by atoms with Gasteiger partial charge in [0.25, 0.3) is 0 Å². The molecule has 1 aliphatic carbocycles. The van der Waals surface area contributed by atoms with Gasteiger partial charge in [-0.25, -0.2) is 9.59 Å². The molecule has 1 unspecified atom stereocenters. The third kappa shape index (κ3) is 3.22. The number of aliphatic carboxylic acids is 1. The van der Waals surface area contributed by atoms with Crippen LogP contribution in [0.2, 0.25) is 5.02 Å². The number of nitrogens with one attached hydrogen (secondary N) is 1. The summed E-state index contributed by atoms with van der Waals surface area (Å²) in [7, 11) is 0. The topological polar surface area (TPSA) is 69.6 Å². The van der Waals surface area contributed by atoms with E-state index in [1.165, 1.54) is 4.90 Å². The van der Waals surface area contributed by atoms with Crippen LogP contribution >= 0.6 is 11.6 Å². The van der Waals surface area contributed by atoms with Crippen LogP contribution < -0.4 is 5.32 Å². The van der Waals surface area contributed by atoms with E-state index in [2.05, 4.69) is 5.32 Å². The van der Waals surface area contributed by atoms with Gasteiger partial charge >= 0.3 is 12.0 Å². The Morgan fingerprint density at radius 1 is 1.45 bits per heavy atom. The van der Waals surface area contributed by atoms with Crippen molar-refractivity contribution in [3.05, 3.63) is 29.3 Å². The molecule has 108 valence electrons. The number of carboxylic acids is 1. The molecule has 0 spiro atoms. The van der Waals surface area contributed by atoms with Crippen molar-refractivity contribution in [3.63, 3.8) is 0 Å². The molecule has 6 heteroatoms. The van der Waals surface area contributed by atoms with Gasteiger partial charge in [-0.3, -0.25) is 0 Å². The van der Waals surface area contributed by atoms with E-state index in [-0.39, 0.29) is 6.04 Å². The zero-order chi connectivity index (χ0) is 14.7. The Balaban J connectivity index is 2.16. The number of hydrogen-bond acceptors (Lipinski definition) is 2. The predicted molar refractivity (Wildman–Crippen MR) is 77.0 cm³/mol. The second kappa shape index (κ2) is 6.13. The fraction of sp³-hybridized carbons (Fsp3) is 0.429. The average molecular weight is 297 g/mol. The van der Waals surface area contributed by atoms with E-state index in [9.17, 15) is 14.7 Å². The number of carbonyl (C=O) groups is 2. The van der Waals surface area contributed by atoms with Gasteiger partial charge in [0.1, 0.15) is 6.04 Å². The van der Waals surface area contributed by atoms with Gasteiger partial charge < -0.3 is 15.3 Å². The third-order valence-corrected chi connectivity index (χ3v) is 3.63. The predicted octanol–water partition coefficient (Wildman–Crippen LogP) is 3.20. The van der Waals surface area contributed by atoms with Gasteiger partial charge in [0.2, 0.25) is 0 Å². The molecule has 1 aromatic carbocycles. The molecule has 0 bridgehead atoms. The van der Waals surface area contributed by atoms with Crippen LogP contribution in [0.15, 0.2) is 24.3 Å². The molecule has 0 radical (unpaired) electrons. The Morgan fingerprint density at radius 3 is 2.60 bits per heavy atom. The first-order chi connectivity index (χ1) is 9.54. The standard InChI is InChI=1S/C14H17ClN2O3/c1-2-12(13(18)19)17(9-7-8-9)14(20)16-11-6-4-3-5-10(11)15/h3-6,9,12H,2,7-8H2,1H3,(H,16,20)(H,18,19). The first-order valence-electron chi connectivity index (χ1n) is 6.61. The van der Waals surface area contributed by atoms with Gasteiger partial charge in [-0.1, -0.05) is 30.7 Å². The summed E-state index contributed by atoms with van der Waals surface area (Å²) in [5, 5.41) is 12.4. The zero-order valence-corrected chi connectivity index (χ0v) is 11.9. The van der Waals surface area contributed by atoms with Crippen molar-refractivity contribution in [2.45, 2.75) is 38.3 Å². The van der Waals surface area contributed by atoms with Crippen molar-refractivity contribution in [1.82, 2.24) is 4.90 Å². The molecular formula is C14H17ClN2O3. The van der Waals surface area contributed by atoms with Crippen molar-refractivity contribution >= 4 is 29.3 Å². The highest BCUT2D eigenvalue weighted by atomic mass is 35.5. The number of hydrogen-bond donors (Lipinski definition) is 2. The molecule has 0 aliphatic heterocycles. The van der Waals surface area contributed by atoms with Crippen LogP contribution in [0.3, 0.4) is 0 Å². The molecule has 1 aliphatic rings. The number of benzene rings is 1. The SMILES string of the molecule is CCC(C(=O)O)N(C(=O)Nc1ccccc1Cl)C1CC1. The number of amides is 2. The van der Waals surface area contributed by atoms with Crippen LogP contribution in [-0.4, -0.2) is 34.1 Å². The number of anilines is 1. The van der Waals surface area contributed by atoms with Crippen molar-refractivity contribution in [2.24, 2.45) is 0 Å². The number of halogens is 1.